The minimum atomic E-state index is -0.140. The molecule has 0 spiro atoms. The number of carbonyl (C=O) groups excluding carboxylic acids is 2. The molecular formula is C23H28N2O4. The van der Waals surface area contributed by atoms with Crippen molar-refractivity contribution in [3.63, 3.8) is 0 Å². The minimum Gasteiger partial charge on any atom is -0.494 e. The Balaban J connectivity index is 1.39. The minimum absolute atomic E-state index is 0.0463. The highest BCUT2D eigenvalue weighted by Gasteiger charge is 2.15. The van der Waals surface area contributed by atoms with Gasteiger partial charge in [-0.15, -0.1) is 0 Å². The van der Waals surface area contributed by atoms with Gasteiger partial charge in [-0.1, -0.05) is 19.8 Å². The van der Waals surface area contributed by atoms with Crippen molar-refractivity contribution in [3.8, 4) is 11.5 Å². The summed E-state index contributed by atoms with van der Waals surface area (Å²) in [5.74, 6) is 1.42. The molecule has 1 aliphatic rings. The average molecular weight is 396 g/mol. The van der Waals surface area contributed by atoms with Crippen molar-refractivity contribution >= 4 is 17.5 Å². The molecule has 29 heavy (non-hydrogen) atoms. The molecule has 1 aliphatic heterocycles. The molecule has 1 heterocycles. The number of nitrogens with one attached hydrogen (secondary N) is 2. The van der Waals surface area contributed by atoms with E-state index in [1.807, 2.05) is 30.3 Å². The number of unbranched alkanes of at least 4 members (excludes halogenated alkanes) is 2. The quantitative estimate of drug-likeness (QED) is 0.596. The third-order valence-corrected chi connectivity index (χ3v) is 4.76. The van der Waals surface area contributed by atoms with Crippen molar-refractivity contribution in [1.29, 1.82) is 0 Å². The van der Waals surface area contributed by atoms with Crippen molar-refractivity contribution < 1.29 is 19.1 Å². The normalized spacial score (nSPS) is 12.7. The third kappa shape index (κ3) is 6.24. The maximum Gasteiger partial charge on any atom is 0.251 e. The molecule has 0 saturated heterocycles. The summed E-state index contributed by atoms with van der Waals surface area (Å²) >= 11 is 0. The molecule has 2 N–H and O–H groups in total. The van der Waals surface area contributed by atoms with E-state index in [2.05, 4.69) is 17.6 Å². The number of rotatable bonds is 10. The molecular weight excluding hydrogens is 368 g/mol. The van der Waals surface area contributed by atoms with Crippen LogP contribution in [0.3, 0.4) is 0 Å². The third-order valence-electron chi connectivity index (χ3n) is 4.76. The average Bonchev–Trinajstić information content (AvgIpc) is 2.74. The number of amides is 2. The number of fused-ring (bicyclic) bond motifs is 1. The van der Waals surface area contributed by atoms with E-state index in [4.69, 9.17) is 9.47 Å². The zero-order chi connectivity index (χ0) is 20.5. The highest BCUT2D eigenvalue weighted by Crippen LogP contribution is 2.26. The molecule has 2 aromatic rings. The fraction of sp³-hybridized carbons (Fsp3) is 0.391. The lowest BCUT2D eigenvalue weighted by Crippen LogP contribution is -2.28. The number of ether oxygens (including phenoxy) is 2. The zero-order valence-electron chi connectivity index (χ0n) is 16.8. The van der Waals surface area contributed by atoms with Crippen molar-refractivity contribution in [2.75, 3.05) is 25.1 Å². The lowest BCUT2D eigenvalue weighted by atomic mass is 10.0. The largest absolute Gasteiger partial charge is 0.494 e. The number of anilines is 1. The zero-order valence-corrected chi connectivity index (χ0v) is 16.8. The van der Waals surface area contributed by atoms with Gasteiger partial charge in [0.2, 0.25) is 5.91 Å². The van der Waals surface area contributed by atoms with Gasteiger partial charge in [0.25, 0.3) is 5.91 Å². The molecule has 2 amide bonds. The topological polar surface area (TPSA) is 76.7 Å². The van der Waals surface area contributed by atoms with Crippen molar-refractivity contribution in [2.45, 2.75) is 39.0 Å². The second kappa shape index (κ2) is 10.5. The summed E-state index contributed by atoms with van der Waals surface area (Å²) in [6.07, 6.45) is 4.57. The van der Waals surface area contributed by atoms with Crippen LogP contribution < -0.4 is 20.1 Å². The summed E-state index contributed by atoms with van der Waals surface area (Å²) in [4.78, 5) is 23.6. The fourth-order valence-corrected chi connectivity index (χ4v) is 3.13. The second-order valence-corrected chi connectivity index (χ2v) is 7.05. The molecule has 0 bridgehead atoms. The molecule has 0 aliphatic carbocycles. The van der Waals surface area contributed by atoms with Crippen molar-refractivity contribution in [3.05, 3.63) is 53.6 Å². The molecule has 2 aromatic carbocycles. The summed E-state index contributed by atoms with van der Waals surface area (Å²) < 4.78 is 11.4. The molecule has 0 saturated carbocycles. The number of hydrogen-bond donors (Lipinski definition) is 2. The predicted molar refractivity (Wildman–Crippen MR) is 113 cm³/mol. The molecule has 0 fully saturated rings. The molecule has 6 nitrogen and oxygen atoms in total. The molecule has 3 rings (SSSR count). The Bertz CT molecular complexity index is 833. The first-order valence-electron chi connectivity index (χ1n) is 10.2. The van der Waals surface area contributed by atoms with Crippen LogP contribution in [0.2, 0.25) is 0 Å². The molecule has 0 radical (unpaired) electrons. The lowest BCUT2D eigenvalue weighted by molar-refractivity contribution is -0.116. The lowest BCUT2D eigenvalue weighted by Gasteiger charge is -2.17. The van der Waals surface area contributed by atoms with Gasteiger partial charge in [-0.2, -0.15) is 0 Å². The van der Waals surface area contributed by atoms with Gasteiger partial charge < -0.3 is 20.1 Å². The van der Waals surface area contributed by atoms with Crippen LogP contribution in [0.1, 0.15) is 48.5 Å². The van der Waals surface area contributed by atoms with Crippen LogP contribution in [0, 0.1) is 0 Å². The smallest absolute Gasteiger partial charge is 0.251 e. The van der Waals surface area contributed by atoms with Gasteiger partial charge in [0.1, 0.15) is 18.1 Å². The van der Waals surface area contributed by atoms with E-state index in [0.717, 1.165) is 42.0 Å². The first kappa shape index (κ1) is 20.7. The first-order chi connectivity index (χ1) is 14.2. The number of benzene rings is 2. The Labute approximate surface area is 171 Å². The van der Waals surface area contributed by atoms with E-state index in [-0.39, 0.29) is 11.8 Å². The van der Waals surface area contributed by atoms with Gasteiger partial charge in [-0.25, -0.2) is 0 Å². The van der Waals surface area contributed by atoms with Gasteiger partial charge in [-0.3, -0.25) is 9.59 Å². The SMILES string of the molecule is CCCCCOc1ccc(C(=O)NCCOc2ccc3c(c2)CCC(=O)N3)cc1. The van der Waals surface area contributed by atoms with Gasteiger partial charge in [0.15, 0.2) is 0 Å². The van der Waals surface area contributed by atoms with E-state index in [1.165, 1.54) is 0 Å². The van der Waals surface area contributed by atoms with Crippen LogP contribution in [-0.4, -0.2) is 31.6 Å². The van der Waals surface area contributed by atoms with Crippen LogP contribution in [-0.2, 0) is 11.2 Å². The van der Waals surface area contributed by atoms with E-state index < -0.39 is 0 Å². The van der Waals surface area contributed by atoms with E-state index in [9.17, 15) is 9.59 Å². The second-order valence-electron chi connectivity index (χ2n) is 7.05. The van der Waals surface area contributed by atoms with E-state index in [0.29, 0.717) is 38.2 Å². The van der Waals surface area contributed by atoms with Crippen LogP contribution in [0.4, 0.5) is 5.69 Å². The molecule has 154 valence electrons. The Morgan fingerprint density at radius 2 is 1.76 bits per heavy atom. The number of aryl methyl sites for hydroxylation is 1. The summed E-state index contributed by atoms with van der Waals surface area (Å²) in [6, 6.07) is 12.8. The molecule has 0 atom stereocenters. The van der Waals surface area contributed by atoms with Crippen LogP contribution in [0.25, 0.3) is 0 Å². The van der Waals surface area contributed by atoms with E-state index >= 15 is 0 Å². The summed E-state index contributed by atoms with van der Waals surface area (Å²) in [6.45, 7) is 3.63. The predicted octanol–water partition coefficient (Wildman–Crippen LogP) is 3.95. The molecule has 0 aromatic heterocycles. The maximum absolute atomic E-state index is 12.2. The standard InChI is InChI=1S/C23H28N2O4/c1-2-3-4-14-28-19-8-5-17(6-9-19)23(27)24-13-15-29-20-10-11-21-18(16-20)7-12-22(26)25-21/h5-6,8-11,16H,2-4,7,12-15H2,1H3,(H,24,27)(H,25,26). The summed E-state index contributed by atoms with van der Waals surface area (Å²) in [5.41, 5.74) is 2.51. The van der Waals surface area contributed by atoms with Crippen molar-refractivity contribution in [1.82, 2.24) is 5.32 Å². The van der Waals surface area contributed by atoms with Crippen LogP contribution >= 0.6 is 0 Å². The Kier molecular flexibility index (Phi) is 7.50. The number of hydrogen-bond acceptors (Lipinski definition) is 4. The number of carbonyl (C=O) groups is 2. The first-order valence-corrected chi connectivity index (χ1v) is 10.2. The maximum atomic E-state index is 12.2. The summed E-state index contributed by atoms with van der Waals surface area (Å²) in [5, 5.41) is 5.70. The van der Waals surface area contributed by atoms with Gasteiger partial charge in [0, 0.05) is 17.7 Å². The molecule has 0 unspecified atom stereocenters. The van der Waals surface area contributed by atoms with Gasteiger partial charge in [0.05, 0.1) is 13.2 Å². The highest BCUT2D eigenvalue weighted by molar-refractivity contribution is 5.94. The summed E-state index contributed by atoms with van der Waals surface area (Å²) in [7, 11) is 0. The Morgan fingerprint density at radius 3 is 2.55 bits per heavy atom. The molecule has 6 heteroatoms. The Morgan fingerprint density at radius 1 is 1.00 bits per heavy atom. The van der Waals surface area contributed by atoms with Gasteiger partial charge >= 0.3 is 0 Å². The Hall–Kier alpha value is -3.02. The monoisotopic (exact) mass is 396 g/mol. The van der Waals surface area contributed by atoms with Crippen molar-refractivity contribution in [2.24, 2.45) is 0 Å². The fourth-order valence-electron chi connectivity index (χ4n) is 3.13. The van der Waals surface area contributed by atoms with Crippen LogP contribution in [0.15, 0.2) is 42.5 Å². The van der Waals surface area contributed by atoms with E-state index in [1.54, 1.807) is 12.1 Å². The van der Waals surface area contributed by atoms with Gasteiger partial charge in [-0.05, 0) is 60.9 Å². The van der Waals surface area contributed by atoms with Crippen LogP contribution in [0.5, 0.6) is 11.5 Å². The highest BCUT2D eigenvalue weighted by atomic mass is 16.5.